The minimum Gasteiger partial charge on any atom is -0.371 e. The van der Waals surface area contributed by atoms with E-state index in [1.54, 1.807) is 0 Å². The zero-order chi connectivity index (χ0) is 8.16. The van der Waals surface area contributed by atoms with Gasteiger partial charge in [0.1, 0.15) is 6.79 Å². The van der Waals surface area contributed by atoms with Crippen molar-refractivity contribution >= 4 is 0 Å². The summed E-state index contributed by atoms with van der Waals surface area (Å²) in [4.78, 5) is 0. The number of hydrogen-bond donors (Lipinski definition) is 1. The lowest BCUT2D eigenvalue weighted by Gasteiger charge is -2.35. The highest BCUT2D eigenvalue weighted by atomic mass is 16.6. The highest BCUT2D eigenvalue weighted by Gasteiger charge is 2.30. The van der Waals surface area contributed by atoms with Crippen LogP contribution in [0.2, 0.25) is 0 Å². The molecule has 0 spiro atoms. The molecule has 0 aromatic carbocycles. The van der Waals surface area contributed by atoms with Crippen LogP contribution in [0.15, 0.2) is 0 Å². The van der Waals surface area contributed by atoms with Crippen molar-refractivity contribution in [2.75, 3.05) is 6.79 Å². The van der Waals surface area contributed by atoms with Gasteiger partial charge in [0.2, 0.25) is 0 Å². The van der Waals surface area contributed by atoms with E-state index >= 15 is 0 Å². The average Bonchev–Trinajstić information content (AvgIpc) is 2.07. The van der Waals surface area contributed by atoms with Crippen LogP contribution in [0.5, 0.6) is 0 Å². The maximum absolute atomic E-state index is 8.69. The Balaban J connectivity index is 2.42. The molecule has 0 saturated heterocycles. The molecule has 1 N–H and O–H groups in total. The predicted octanol–water partition coefficient (Wildman–Crippen LogP) is 2.07. The third kappa shape index (κ3) is 2.17. The van der Waals surface area contributed by atoms with Gasteiger partial charge in [0, 0.05) is 0 Å². The molecule has 0 aromatic heterocycles. The molecule has 0 heterocycles. The summed E-state index contributed by atoms with van der Waals surface area (Å²) >= 11 is 0. The minimum absolute atomic E-state index is 0.0208. The third-order valence-electron chi connectivity index (χ3n) is 2.78. The molecule has 0 radical (unpaired) electrons. The Morgan fingerprint density at radius 3 is 2.36 bits per heavy atom. The van der Waals surface area contributed by atoms with Gasteiger partial charge in [-0.05, 0) is 19.3 Å². The first-order valence-corrected chi connectivity index (χ1v) is 4.58. The van der Waals surface area contributed by atoms with Crippen LogP contribution in [0, 0.1) is 0 Å². The molecule has 1 fully saturated rings. The molecule has 1 aliphatic rings. The molecule has 0 unspecified atom stereocenters. The lowest BCUT2D eigenvalue weighted by atomic mass is 9.83. The van der Waals surface area contributed by atoms with Gasteiger partial charge in [-0.15, -0.1) is 0 Å². The van der Waals surface area contributed by atoms with Crippen molar-refractivity contribution in [1.82, 2.24) is 0 Å². The van der Waals surface area contributed by atoms with Crippen LogP contribution in [0.4, 0.5) is 0 Å². The van der Waals surface area contributed by atoms with E-state index in [-0.39, 0.29) is 12.4 Å². The zero-order valence-electron chi connectivity index (χ0n) is 7.31. The number of aliphatic hydroxyl groups is 1. The highest BCUT2D eigenvalue weighted by Crippen LogP contribution is 2.33. The van der Waals surface area contributed by atoms with Crippen LogP contribution in [-0.2, 0) is 4.74 Å². The van der Waals surface area contributed by atoms with Crippen LogP contribution in [0.1, 0.15) is 45.4 Å². The van der Waals surface area contributed by atoms with Gasteiger partial charge >= 0.3 is 0 Å². The van der Waals surface area contributed by atoms with Crippen LogP contribution in [-0.4, -0.2) is 17.5 Å². The molecular weight excluding hydrogens is 140 g/mol. The molecule has 1 saturated carbocycles. The van der Waals surface area contributed by atoms with Crippen molar-refractivity contribution in [3.05, 3.63) is 0 Å². The topological polar surface area (TPSA) is 29.5 Å². The Labute approximate surface area is 68.6 Å². The molecule has 11 heavy (non-hydrogen) atoms. The van der Waals surface area contributed by atoms with E-state index in [9.17, 15) is 0 Å². The monoisotopic (exact) mass is 158 g/mol. The standard InChI is InChI=1S/C9H18O2/c1-2-9(11-8-10)6-4-3-5-7-9/h10H,2-8H2,1H3. The van der Waals surface area contributed by atoms with Gasteiger partial charge in [-0.25, -0.2) is 0 Å². The van der Waals surface area contributed by atoms with E-state index in [1.165, 1.54) is 19.3 Å². The second-order valence-corrected chi connectivity index (χ2v) is 3.37. The van der Waals surface area contributed by atoms with E-state index < -0.39 is 0 Å². The lowest BCUT2D eigenvalue weighted by molar-refractivity contribution is -0.134. The fourth-order valence-corrected chi connectivity index (χ4v) is 1.93. The van der Waals surface area contributed by atoms with Gasteiger partial charge in [-0.3, -0.25) is 0 Å². The average molecular weight is 158 g/mol. The second kappa shape index (κ2) is 4.07. The first-order chi connectivity index (χ1) is 5.33. The highest BCUT2D eigenvalue weighted by molar-refractivity contribution is 4.82. The van der Waals surface area contributed by atoms with Crippen LogP contribution in [0.25, 0.3) is 0 Å². The summed E-state index contributed by atoms with van der Waals surface area (Å²) in [6, 6.07) is 0. The summed E-state index contributed by atoms with van der Waals surface area (Å²) in [5, 5.41) is 8.69. The van der Waals surface area contributed by atoms with Crippen molar-refractivity contribution in [2.24, 2.45) is 0 Å². The molecule has 1 rings (SSSR count). The van der Waals surface area contributed by atoms with E-state index in [1.807, 2.05) is 0 Å². The number of ether oxygens (including phenoxy) is 1. The number of rotatable bonds is 3. The summed E-state index contributed by atoms with van der Waals surface area (Å²) in [5.41, 5.74) is 0.0208. The largest absolute Gasteiger partial charge is 0.371 e. The molecule has 0 bridgehead atoms. The quantitative estimate of drug-likeness (QED) is 0.637. The van der Waals surface area contributed by atoms with E-state index in [2.05, 4.69) is 6.92 Å². The summed E-state index contributed by atoms with van der Waals surface area (Å²) in [6.45, 7) is 2.02. The summed E-state index contributed by atoms with van der Waals surface area (Å²) in [7, 11) is 0. The second-order valence-electron chi connectivity index (χ2n) is 3.37. The van der Waals surface area contributed by atoms with Crippen LogP contribution >= 0.6 is 0 Å². The molecule has 2 nitrogen and oxygen atoms in total. The predicted molar refractivity (Wildman–Crippen MR) is 44.3 cm³/mol. The first-order valence-electron chi connectivity index (χ1n) is 4.58. The molecule has 2 heteroatoms. The SMILES string of the molecule is CCC1(OCO)CCCCC1. The van der Waals surface area contributed by atoms with Gasteiger partial charge in [-0.2, -0.15) is 0 Å². The van der Waals surface area contributed by atoms with Gasteiger partial charge in [0.15, 0.2) is 0 Å². The van der Waals surface area contributed by atoms with Gasteiger partial charge in [-0.1, -0.05) is 26.2 Å². The fraction of sp³-hybridized carbons (Fsp3) is 1.00. The van der Waals surface area contributed by atoms with Crippen molar-refractivity contribution in [2.45, 2.75) is 51.0 Å². The van der Waals surface area contributed by atoms with Gasteiger partial charge < -0.3 is 9.84 Å². The smallest absolute Gasteiger partial charge is 0.144 e. The van der Waals surface area contributed by atoms with Crippen molar-refractivity contribution in [3.63, 3.8) is 0 Å². The van der Waals surface area contributed by atoms with E-state index in [0.29, 0.717) is 0 Å². The van der Waals surface area contributed by atoms with Gasteiger partial charge in [0.25, 0.3) is 0 Å². The zero-order valence-corrected chi connectivity index (χ0v) is 7.31. The summed E-state index contributed by atoms with van der Waals surface area (Å²) in [6.07, 6.45) is 7.14. The van der Waals surface area contributed by atoms with E-state index in [0.717, 1.165) is 19.3 Å². The molecule has 0 aliphatic heterocycles. The minimum atomic E-state index is -0.117. The third-order valence-corrected chi connectivity index (χ3v) is 2.78. The Morgan fingerprint density at radius 2 is 1.91 bits per heavy atom. The summed E-state index contributed by atoms with van der Waals surface area (Å²) < 4.78 is 5.38. The first kappa shape index (κ1) is 9.01. The maximum Gasteiger partial charge on any atom is 0.144 e. The number of hydrogen-bond acceptors (Lipinski definition) is 2. The Morgan fingerprint density at radius 1 is 1.27 bits per heavy atom. The lowest BCUT2D eigenvalue weighted by Crippen LogP contribution is -2.34. The molecule has 0 aromatic rings. The molecule has 1 aliphatic carbocycles. The molecular formula is C9H18O2. The van der Waals surface area contributed by atoms with Gasteiger partial charge in [0.05, 0.1) is 5.60 Å². The Kier molecular flexibility index (Phi) is 3.34. The van der Waals surface area contributed by atoms with Crippen molar-refractivity contribution in [1.29, 1.82) is 0 Å². The van der Waals surface area contributed by atoms with Crippen molar-refractivity contribution < 1.29 is 9.84 Å². The normalized spacial score (nSPS) is 23.5. The Bertz CT molecular complexity index is 101. The number of aliphatic hydroxyl groups excluding tert-OH is 1. The van der Waals surface area contributed by atoms with Crippen LogP contribution < -0.4 is 0 Å². The molecule has 66 valence electrons. The molecule has 0 amide bonds. The summed E-state index contributed by atoms with van der Waals surface area (Å²) in [5.74, 6) is 0. The Hall–Kier alpha value is -0.0800. The van der Waals surface area contributed by atoms with Crippen molar-refractivity contribution in [3.8, 4) is 0 Å². The maximum atomic E-state index is 8.69. The fourth-order valence-electron chi connectivity index (χ4n) is 1.93. The van der Waals surface area contributed by atoms with E-state index in [4.69, 9.17) is 9.84 Å². The van der Waals surface area contributed by atoms with Crippen LogP contribution in [0.3, 0.4) is 0 Å². The molecule has 0 atom stereocenters.